The average Bonchev–Trinajstić information content (AvgIpc) is 3.08. The summed E-state index contributed by atoms with van der Waals surface area (Å²) >= 11 is 3.30. The summed E-state index contributed by atoms with van der Waals surface area (Å²) in [5, 5.41) is 9.58. The highest BCUT2D eigenvalue weighted by molar-refractivity contribution is 14.0. The molecule has 0 unspecified atom stereocenters. The number of aromatic nitrogens is 1. The number of guanidine groups is 1. The van der Waals surface area contributed by atoms with Crippen LogP contribution >= 0.6 is 47.1 Å². The van der Waals surface area contributed by atoms with Gasteiger partial charge in [0.2, 0.25) is 0 Å². The zero-order chi connectivity index (χ0) is 18.9. The number of rotatable bonds is 8. The molecule has 0 saturated carbocycles. The van der Waals surface area contributed by atoms with Crippen molar-refractivity contribution in [3.63, 3.8) is 0 Å². The lowest BCUT2D eigenvalue weighted by atomic mass is 10.1. The van der Waals surface area contributed by atoms with E-state index in [2.05, 4.69) is 20.6 Å². The quantitative estimate of drug-likeness (QED) is 0.310. The minimum absolute atomic E-state index is 0. The van der Waals surface area contributed by atoms with Crippen LogP contribution in [-0.2, 0) is 18.8 Å². The highest BCUT2D eigenvalue weighted by atomic mass is 127. The van der Waals surface area contributed by atoms with E-state index >= 15 is 0 Å². The smallest absolute Gasteiger partial charge is 0.191 e. The van der Waals surface area contributed by atoms with Crippen LogP contribution in [0.1, 0.15) is 23.7 Å². The number of benzene rings is 1. The minimum atomic E-state index is -0.202. The summed E-state index contributed by atoms with van der Waals surface area (Å²) in [4.78, 5) is 11.2. The predicted octanol–water partition coefficient (Wildman–Crippen LogP) is 4.08. The lowest BCUT2D eigenvalue weighted by Gasteiger charge is -2.12. The fourth-order valence-electron chi connectivity index (χ4n) is 2.30. The van der Waals surface area contributed by atoms with Gasteiger partial charge in [0.15, 0.2) is 11.1 Å². The maximum absolute atomic E-state index is 13.5. The third kappa shape index (κ3) is 7.82. The summed E-state index contributed by atoms with van der Waals surface area (Å²) in [5.41, 5.74) is 3.02. The second-order valence-electron chi connectivity index (χ2n) is 5.91. The van der Waals surface area contributed by atoms with Gasteiger partial charge >= 0.3 is 0 Å². The molecule has 0 radical (unpaired) electrons. The molecule has 5 nitrogen and oxygen atoms in total. The van der Waals surface area contributed by atoms with Crippen molar-refractivity contribution in [2.24, 2.45) is 4.99 Å². The van der Waals surface area contributed by atoms with E-state index in [0.29, 0.717) is 13.1 Å². The Morgan fingerprint density at radius 3 is 2.70 bits per heavy atom. The van der Waals surface area contributed by atoms with Gasteiger partial charge in [0.05, 0.1) is 18.8 Å². The Morgan fingerprint density at radius 1 is 1.30 bits per heavy atom. The Bertz CT molecular complexity index is 736. The SMILES string of the molecule is CCNC(=NCc1ccc(F)cc1CSC)NCc1csc(N(C)C)n1.I. The first-order valence-corrected chi connectivity index (χ1v) is 10.7. The van der Waals surface area contributed by atoms with Crippen molar-refractivity contribution in [2.75, 3.05) is 31.8 Å². The zero-order valence-corrected chi connectivity index (χ0v) is 20.0. The molecule has 2 aromatic rings. The summed E-state index contributed by atoms with van der Waals surface area (Å²) in [6.45, 7) is 3.91. The summed E-state index contributed by atoms with van der Waals surface area (Å²) in [6.07, 6.45) is 2.01. The molecule has 27 heavy (non-hydrogen) atoms. The fourth-order valence-corrected chi connectivity index (χ4v) is 3.64. The van der Waals surface area contributed by atoms with Crippen LogP contribution in [0.4, 0.5) is 9.52 Å². The van der Waals surface area contributed by atoms with E-state index in [-0.39, 0.29) is 29.8 Å². The molecule has 150 valence electrons. The topological polar surface area (TPSA) is 52.6 Å². The van der Waals surface area contributed by atoms with Crippen molar-refractivity contribution in [3.8, 4) is 0 Å². The zero-order valence-electron chi connectivity index (χ0n) is 16.1. The van der Waals surface area contributed by atoms with Crippen LogP contribution in [0.25, 0.3) is 0 Å². The highest BCUT2D eigenvalue weighted by Crippen LogP contribution is 2.18. The highest BCUT2D eigenvalue weighted by Gasteiger charge is 2.07. The number of anilines is 1. The van der Waals surface area contributed by atoms with Crippen molar-refractivity contribution < 1.29 is 4.39 Å². The van der Waals surface area contributed by atoms with Gasteiger partial charge in [-0.3, -0.25) is 0 Å². The predicted molar refractivity (Wildman–Crippen MR) is 127 cm³/mol. The van der Waals surface area contributed by atoms with Crippen LogP contribution in [0.2, 0.25) is 0 Å². The number of halogens is 2. The largest absolute Gasteiger partial charge is 0.357 e. The van der Waals surface area contributed by atoms with Crippen LogP contribution in [0, 0.1) is 5.82 Å². The van der Waals surface area contributed by atoms with Gasteiger partial charge in [-0.1, -0.05) is 6.07 Å². The lowest BCUT2D eigenvalue weighted by Crippen LogP contribution is -2.36. The lowest BCUT2D eigenvalue weighted by molar-refractivity contribution is 0.625. The molecule has 1 aromatic carbocycles. The van der Waals surface area contributed by atoms with Gasteiger partial charge in [0, 0.05) is 31.8 Å². The Hall–Kier alpha value is -1.07. The van der Waals surface area contributed by atoms with Crippen molar-refractivity contribution in [2.45, 2.75) is 25.8 Å². The van der Waals surface area contributed by atoms with Crippen LogP contribution in [0.5, 0.6) is 0 Å². The van der Waals surface area contributed by atoms with Gasteiger partial charge < -0.3 is 15.5 Å². The summed E-state index contributed by atoms with van der Waals surface area (Å²) < 4.78 is 13.5. The molecule has 0 atom stereocenters. The third-order valence-electron chi connectivity index (χ3n) is 3.58. The van der Waals surface area contributed by atoms with Gasteiger partial charge in [0.1, 0.15) is 5.82 Å². The minimum Gasteiger partial charge on any atom is -0.357 e. The van der Waals surface area contributed by atoms with E-state index in [1.165, 1.54) is 6.07 Å². The number of thioether (sulfide) groups is 1. The molecule has 2 rings (SSSR count). The van der Waals surface area contributed by atoms with Gasteiger partial charge in [-0.25, -0.2) is 14.4 Å². The summed E-state index contributed by atoms with van der Waals surface area (Å²) in [5.74, 6) is 1.30. The van der Waals surface area contributed by atoms with Gasteiger partial charge in [-0.2, -0.15) is 11.8 Å². The Balaban J connectivity index is 0.00000364. The van der Waals surface area contributed by atoms with E-state index in [1.54, 1.807) is 29.2 Å². The van der Waals surface area contributed by atoms with Gasteiger partial charge in [-0.05, 0) is 36.4 Å². The number of thiazole rings is 1. The third-order valence-corrected chi connectivity index (χ3v) is 5.24. The molecule has 1 heterocycles. The Morgan fingerprint density at radius 2 is 2.07 bits per heavy atom. The van der Waals surface area contributed by atoms with Crippen molar-refractivity contribution in [1.82, 2.24) is 15.6 Å². The molecule has 9 heteroatoms. The summed E-state index contributed by atoms with van der Waals surface area (Å²) in [7, 11) is 3.97. The molecule has 0 bridgehead atoms. The number of aliphatic imine (C=N–C) groups is 1. The van der Waals surface area contributed by atoms with Crippen LogP contribution in [0.3, 0.4) is 0 Å². The number of hydrogen-bond acceptors (Lipinski definition) is 5. The first kappa shape index (κ1) is 24.0. The Labute approximate surface area is 186 Å². The van der Waals surface area contributed by atoms with E-state index in [9.17, 15) is 4.39 Å². The number of nitrogens with zero attached hydrogens (tertiary/aromatic N) is 3. The van der Waals surface area contributed by atoms with Crippen LogP contribution in [-0.4, -0.2) is 37.8 Å². The normalized spacial score (nSPS) is 11.1. The van der Waals surface area contributed by atoms with Crippen LogP contribution in [0.15, 0.2) is 28.6 Å². The van der Waals surface area contributed by atoms with Gasteiger partial charge in [-0.15, -0.1) is 35.3 Å². The molecule has 0 aliphatic carbocycles. The first-order chi connectivity index (χ1) is 12.5. The van der Waals surface area contributed by atoms with Gasteiger partial charge in [0.25, 0.3) is 0 Å². The second kappa shape index (κ2) is 12.4. The molecule has 0 fully saturated rings. The summed E-state index contributed by atoms with van der Waals surface area (Å²) in [6, 6.07) is 4.91. The monoisotopic (exact) mass is 523 g/mol. The number of hydrogen-bond donors (Lipinski definition) is 2. The maximum Gasteiger partial charge on any atom is 0.191 e. The van der Waals surface area contributed by atoms with E-state index < -0.39 is 0 Å². The molecule has 0 spiro atoms. The molecule has 0 saturated heterocycles. The molecule has 2 N–H and O–H groups in total. The average molecular weight is 523 g/mol. The molecular weight excluding hydrogens is 496 g/mol. The van der Waals surface area contributed by atoms with E-state index in [4.69, 9.17) is 0 Å². The van der Waals surface area contributed by atoms with Crippen molar-refractivity contribution in [3.05, 3.63) is 46.2 Å². The van der Waals surface area contributed by atoms with Crippen LogP contribution < -0.4 is 15.5 Å². The molecule has 0 aliphatic heterocycles. The molecule has 1 aromatic heterocycles. The molecular formula is C18H27FIN5S2. The van der Waals surface area contributed by atoms with Crippen molar-refractivity contribution >= 4 is 58.2 Å². The Kier molecular flexibility index (Phi) is 11.0. The first-order valence-electron chi connectivity index (χ1n) is 8.43. The second-order valence-corrected chi connectivity index (χ2v) is 7.61. The standard InChI is InChI=1S/C18H26FN5S2.HI/c1-5-20-17(22-10-16-12-26-18(23-16)24(2)3)21-9-13-6-7-15(19)8-14(13)11-25-4;/h6-8,12H,5,9-11H2,1-4H3,(H2,20,21,22);1H. The molecule has 0 aliphatic rings. The van der Waals surface area contributed by atoms with E-state index in [0.717, 1.165) is 40.2 Å². The van der Waals surface area contributed by atoms with E-state index in [1.807, 2.05) is 43.6 Å². The maximum atomic E-state index is 13.5. The van der Waals surface area contributed by atoms with Crippen molar-refractivity contribution in [1.29, 1.82) is 0 Å². The fraction of sp³-hybridized carbons (Fsp3) is 0.444. The molecule has 0 amide bonds. The number of nitrogens with one attached hydrogen (secondary N) is 2.